The molecule has 76 valence electrons. The molecule has 5 nitrogen and oxygen atoms in total. The van der Waals surface area contributed by atoms with Crippen LogP contribution < -0.4 is 5.73 Å². The van der Waals surface area contributed by atoms with Crippen molar-refractivity contribution < 1.29 is 15.0 Å². The summed E-state index contributed by atoms with van der Waals surface area (Å²) in [4.78, 5) is 14.2. The van der Waals surface area contributed by atoms with Gasteiger partial charge in [0.15, 0.2) is 0 Å². The Balaban J connectivity index is 2.77. The summed E-state index contributed by atoms with van der Waals surface area (Å²) in [5.41, 5.74) is 6.40. The Hall–Kier alpha value is -1.46. The number of aromatic carboxylic acids is 1. The third-order valence-corrected chi connectivity index (χ3v) is 1.87. The molecule has 0 radical (unpaired) electrons. The molecule has 0 fully saturated rings. The molecule has 0 aliphatic rings. The minimum atomic E-state index is -1.06. The zero-order valence-electron chi connectivity index (χ0n) is 7.55. The normalized spacial score (nSPS) is 12.4. The second kappa shape index (κ2) is 4.69. The number of hydrogen-bond donors (Lipinski definition) is 3. The average Bonchev–Trinajstić information content (AvgIpc) is 2.18. The molecule has 1 aromatic rings. The van der Waals surface area contributed by atoms with E-state index in [9.17, 15) is 4.79 Å². The first-order valence-electron chi connectivity index (χ1n) is 4.21. The van der Waals surface area contributed by atoms with E-state index in [-0.39, 0.29) is 18.3 Å². The second-order valence-electron chi connectivity index (χ2n) is 2.90. The average molecular weight is 196 g/mol. The van der Waals surface area contributed by atoms with E-state index >= 15 is 0 Å². The first-order valence-corrected chi connectivity index (χ1v) is 4.21. The number of pyridine rings is 1. The van der Waals surface area contributed by atoms with Gasteiger partial charge in [-0.15, -0.1) is 0 Å². The molecule has 0 spiro atoms. The molecular weight excluding hydrogens is 184 g/mol. The fourth-order valence-corrected chi connectivity index (χ4v) is 1.06. The van der Waals surface area contributed by atoms with Gasteiger partial charge >= 0.3 is 5.97 Å². The highest BCUT2D eigenvalue weighted by Gasteiger charge is 2.08. The topological polar surface area (TPSA) is 96.4 Å². The number of aliphatic hydroxyl groups is 1. The highest BCUT2D eigenvalue weighted by Crippen LogP contribution is 2.12. The van der Waals surface area contributed by atoms with Crippen LogP contribution in [0.4, 0.5) is 0 Å². The third-order valence-electron chi connectivity index (χ3n) is 1.87. The Kier molecular flexibility index (Phi) is 3.55. The second-order valence-corrected chi connectivity index (χ2v) is 2.90. The van der Waals surface area contributed by atoms with E-state index in [1.54, 1.807) is 6.07 Å². The van der Waals surface area contributed by atoms with Crippen LogP contribution in [0.3, 0.4) is 0 Å². The molecule has 4 N–H and O–H groups in total. The maximum atomic E-state index is 10.5. The predicted octanol–water partition coefficient (Wildman–Crippen LogP) is 0.162. The van der Waals surface area contributed by atoms with Gasteiger partial charge in [-0.1, -0.05) is 6.07 Å². The van der Waals surface area contributed by atoms with Crippen molar-refractivity contribution in [3.8, 4) is 0 Å². The standard InChI is InChI=1S/C9H12N2O3/c10-7(3-4-12)6-1-2-8(9(13)14)11-5-6/h1-2,5,7,12H,3-4,10H2,(H,13,14). The van der Waals surface area contributed by atoms with Gasteiger partial charge < -0.3 is 15.9 Å². The zero-order chi connectivity index (χ0) is 10.6. The van der Waals surface area contributed by atoms with Gasteiger partial charge in [0.1, 0.15) is 5.69 Å². The largest absolute Gasteiger partial charge is 0.477 e. The van der Waals surface area contributed by atoms with E-state index < -0.39 is 5.97 Å². The molecule has 0 aliphatic heterocycles. The third kappa shape index (κ3) is 2.51. The van der Waals surface area contributed by atoms with Crippen molar-refractivity contribution in [3.63, 3.8) is 0 Å². The number of nitrogens with two attached hydrogens (primary N) is 1. The SMILES string of the molecule is NC(CCO)c1ccc(C(=O)O)nc1. The fraction of sp³-hybridized carbons (Fsp3) is 0.333. The van der Waals surface area contributed by atoms with Gasteiger partial charge in [-0.3, -0.25) is 0 Å². The molecule has 0 aliphatic carbocycles. The molecule has 0 bridgehead atoms. The van der Waals surface area contributed by atoms with Crippen LogP contribution >= 0.6 is 0 Å². The summed E-state index contributed by atoms with van der Waals surface area (Å²) in [6, 6.07) is 2.71. The smallest absolute Gasteiger partial charge is 0.354 e. The molecule has 1 heterocycles. The lowest BCUT2D eigenvalue weighted by molar-refractivity contribution is 0.0690. The highest BCUT2D eigenvalue weighted by molar-refractivity contribution is 5.85. The summed E-state index contributed by atoms with van der Waals surface area (Å²) in [6.45, 7) is 0.00183. The van der Waals surface area contributed by atoms with Gasteiger partial charge in [0.25, 0.3) is 0 Å². The lowest BCUT2D eigenvalue weighted by atomic mass is 10.1. The molecule has 1 atom stereocenters. The minimum Gasteiger partial charge on any atom is -0.477 e. The van der Waals surface area contributed by atoms with Crippen LogP contribution in [0.15, 0.2) is 18.3 Å². The van der Waals surface area contributed by atoms with Gasteiger partial charge in [-0.25, -0.2) is 9.78 Å². The van der Waals surface area contributed by atoms with Crippen LogP contribution in [0.2, 0.25) is 0 Å². The first-order chi connectivity index (χ1) is 6.65. The van der Waals surface area contributed by atoms with Crippen molar-refractivity contribution in [2.24, 2.45) is 5.73 Å². The molecule has 14 heavy (non-hydrogen) atoms. The summed E-state index contributed by atoms with van der Waals surface area (Å²) >= 11 is 0. The quantitative estimate of drug-likeness (QED) is 0.637. The monoisotopic (exact) mass is 196 g/mol. The minimum absolute atomic E-state index is 0.00183. The van der Waals surface area contributed by atoms with Crippen LogP contribution in [-0.2, 0) is 0 Å². The van der Waals surface area contributed by atoms with Gasteiger partial charge in [0, 0.05) is 18.8 Å². The van der Waals surface area contributed by atoms with Gasteiger partial charge in [-0.2, -0.15) is 0 Å². The molecule has 0 aromatic carbocycles. The molecule has 0 saturated heterocycles. The van der Waals surface area contributed by atoms with Crippen LogP contribution in [0.5, 0.6) is 0 Å². The van der Waals surface area contributed by atoms with Gasteiger partial charge in [0.05, 0.1) is 0 Å². The summed E-state index contributed by atoms with van der Waals surface area (Å²) in [5.74, 6) is -1.06. The van der Waals surface area contributed by atoms with Crippen LogP contribution in [0, 0.1) is 0 Å². The van der Waals surface area contributed by atoms with E-state index in [1.165, 1.54) is 12.3 Å². The van der Waals surface area contributed by atoms with Crippen molar-refractivity contribution in [3.05, 3.63) is 29.6 Å². The van der Waals surface area contributed by atoms with Crippen molar-refractivity contribution >= 4 is 5.97 Å². The van der Waals surface area contributed by atoms with Crippen molar-refractivity contribution in [1.29, 1.82) is 0 Å². The number of carboxylic acid groups (broad SMARTS) is 1. The molecule has 5 heteroatoms. The van der Waals surface area contributed by atoms with Crippen molar-refractivity contribution in [1.82, 2.24) is 4.98 Å². The van der Waals surface area contributed by atoms with Crippen LogP contribution in [0.25, 0.3) is 0 Å². The Labute approximate surface area is 81.2 Å². The highest BCUT2D eigenvalue weighted by atomic mass is 16.4. The van der Waals surface area contributed by atoms with Crippen molar-refractivity contribution in [2.45, 2.75) is 12.5 Å². The summed E-state index contributed by atoms with van der Waals surface area (Å²) in [6.07, 6.45) is 1.86. The number of carboxylic acids is 1. The lowest BCUT2D eigenvalue weighted by Gasteiger charge is -2.09. The summed E-state index contributed by atoms with van der Waals surface area (Å²) in [7, 11) is 0. The van der Waals surface area contributed by atoms with E-state index in [1.807, 2.05) is 0 Å². The number of nitrogens with zero attached hydrogens (tertiary/aromatic N) is 1. The number of aromatic nitrogens is 1. The Morgan fingerprint density at radius 2 is 2.29 bits per heavy atom. The van der Waals surface area contributed by atoms with Gasteiger partial charge in [-0.05, 0) is 18.1 Å². The van der Waals surface area contributed by atoms with E-state index in [0.29, 0.717) is 6.42 Å². The summed E-state index contributed by atoms with van der Waals surface area (Å²) in [5, 5.41) is 17.2. The lowest BCUT2D eigenvalue weighted by Crippen LogP contribution is -2.12. The predicted molar refractivity (Wildman–Crippen MR) is 49.8 cm³/mol. The number of rotatable bonds is 4. The maximum Gasteiger partial charge on any atom is 0.354 e. The Bertz CT molecular complexity index is 310. The molecule has 0 amide bonds. The molecule has 1 unspecified atom stereocenters. The number of aliphatic hydroxyl groups excluding tert-OH is 1. The van der Waals surface area contributed by atoms with Crippen LogP contribution in [0.1, 0.15) is 28.5 Å². The van der Waals surface area contributed by atoms with E-state index in [2.05, 4.69) is 4.98 Å². The molecular formula is C9H12N2O3. The number of hydrogen-bond acceptors (Lipinski definition) is 4. The van der Waals surface area contributed by atoms with E-state index in [0.717, 1.165) is 5.56 Å². The Morgan fingerprint density at radius 1 is 1.57 bits per heavy atom. The molecule has 1 rings (SSSR count). The Morgan fingerprint density at radius 3 is 2.71 bits per heavy atom. The zero-order valence-corrected chi connectivity index (χ0v) is 7.55. The molecule has 0 saturated carbocycles. The fourth-order valence-electron chi connectivity index (χ4n) is 1.06. The molecule has 1 aromatic heterocycles. The number of carbonyl (C=O) groups is 1. The maximum absolute atomic E-state index is 10.5. The van der Waals surface area contributed by atoms with Crippen LogP contribution in [-0.4, -0.2) is 27.8 Å². The summed E-state index contributed by atoms with van der Waals surface area (Å²) < 4.78 is 0. The van der Waals surface area contributed by atoms with Gasteiger partial charge in [0.2, 0.25) is 0 Å². The first kappa shape index (κ1) is 10.6. The van der Waals surface area contributed by atoms with E-state index in [4.69, 9.17) is 15.9 Å². The van der Waals surface area contributed by atoms with Crippen molar-refractivity contribution in [2.75, 3.05) is 6.61 Å².